The topological polar surface area (TPSA) is 15.7 Å². The van der Waals surface area contributed by atoms with Crippen molar-refractivity contribution in [3.63, 3.8) is 0 Å². The maximum absolute atomic E-state index is 7.42. The first-order chi connectivity index (χ1) is 28.8. The van der Waals surface area contributed by atoms with Crippen LogP contribution in [0.15, 0.2) is 170 Å². The first kappa shape index (κ1) is 33.2. The monoisotopic (exact) mass is 764 g/mol. The minimum Gasteiger partial charge on any atom is -0.458 e. The van der Waals surface area contributed by atoms with Crippen LogP contribution in [0.1, 0.15) is 38.5 Å². The van der Waals surface area contributed by atoms with Crippen molar-refractivity contribution >= 4 is 80.4 Å². The molecule has 0 aromatic heterocycles. The Bertz CT molecular complexity index is 2640. The molecule has 0 spiro atoms. The number of hydrogen-bond donors (Lipinski definition) is 0. The average Bonchev–Trinajstić information content (AvgIpc) is 3.27. The maximum Gasteiger partial charge on any atom is 0.256 e. The van der Waals surface area contributed by atoms with Crippen molar-refractivity contribution in [3.8, 4) is 11.5 Å². The first-order valence-electron chi connectivity index (χ1n) is 21.7. The molecule has 7 aromatic rings. The van der Waals surface area contributed by atoms with Gasteiger partial charge < -0.3 is 14.5 Å². The number of anilines is 5. The fourth-order valence-electron chi connectivity index (χ4n) is 13.3. The second kappa shape index (κ2) is 12.6. The Kier molecular flexibility index (Phi) is 7.22. The molecule has 3 aliphatic heterocycles. The molecule has 3 saturated carbocycles. The standard InChI is InChI=1S/C53H45BN2OSi/c1-5-15-38(16-6-1)55(39-17-7-2-8-18-39)40-33-46-51-48(34-40)57-47-24-14-26-50-53(47)54(51)52-44(56(46)45-32-36-29-35-27-28-43(45)37(30-35)31-36)23-13-25-49(52)58(50,41-19-9-3-10-20-41)42-21-11-4-12-22-42/h1-26,33-37,43,45H,27-32H2. The van der Waals surface area contributed by atoms with Gasteiger partial charge in [0.05, 0.1) is 5.69 Å². The van der Waals surface area contributed by atoms with Crippen molar-refractivity contribution < 1.29 is 4.74 Å². The van der Waals surface area contributed by atoms with Crippen molar-refractivity contribution in [2.45, 2.75) is 44.6 Å². The lowest BCUT2D eigenvalue weighted by molar-refractivity contribution is 0.0177. The Morgan fingerprint density at radius 2 is 1.12 bits per heavy atom. The molecule has 5 atom stereocenters. The molecule has 3 heterocycles. The van der Waals surface area contributed by atoms with Crippen LogP contribution in [0.3, 0.4) is 0 Å². The highest BCUT2D eigenvalue weighted by Crippen LogP contribution is 2.56. The number of hydrogen-bond acceptors (Lipinski definition) is 3. The lowest BCUT2D eigenvalue weighted by atomic mass is 9.33. The predicted molar refractivity (Wildman–Crippen MR) is 244 cm³/mol. The van der Waals surface area contributed by atoms with Crippen LogP contribution in [0.25, 0.3) is 0 Å². The second-order valence-electron chi connectivity index (χ2n) is 18.0. The van der Waals surface area contributed by atoms with Gasteiger partial charge in [0.1, 0.15) is 11.5 Å². The van der Waals surface area contributed by atoms with Gasteiger partial charge in [0.2, 0.25) is 0 Å². The molecule has 13 rings (SSSR count). The third-order valence-corrected chi connectivity index (χ3v) is 20.1. The van der Waals surface area contributed by atoms with Gasteiger partial charge in [-0.3, -0.25) is 0 Å². The Morgan fingerprint density at radius 3 is 1.81 bits per heavy atom. The molecule has 7 aromatic carbocycles. The Morgan fingerprint density at radius 1 is 0.500 bits per heavy atom. The molecule has 0 radical (unpaired) electrons. The number of ether oxygens (including phenoxy) is 1. The van der Waals surface area contributed by atoms with Crippen molar-refractivity contribution in [1.29, 1.82) is 0 Å². The van der Waals surface area contributed by atoms with Crippen molar-refractivity contribution in [1.82, 2.24) is 0 Å². The van der Waals surface area contributed by atoms with Crippen LogP contribution in [0.5, 0.6) is 11.5 Å². The van der Waals surface area contributed by atoms with Gasteiger partial charge in [0.25, 0.3) is 6.71 Å². The Balaban J connectivity index is 1.13. The van der Waals surface area contributed by atoms with E-state index in [2.05, 4.69) is 180 Å². The maximum atomic E-state index is 7.42. The Hall–Kier alpha value is -5.78. The smallest absolute Gasteiger partial charge is 0.256 e. The molecule has 0 N–H and O–H groups in total. The zero-order valence-corrected chi connectivity index (χ0v) is 33.7. The van der Waals surface area contributed by atoms with Crippen LogP contribution in [-0.2, 0) is 0 Å². The number of benzene rings is 7. The largest absolute Gasteiger partial charge is 0.458 e. The van der Waals surface area contributed by atoms with E-state index in [0.29, 0.717) is 12.0 Å². The first-order valence-corrected chi connectivity index (χ1v) is 23.7. The van der Waals surface area contributed by atoms with Gasteiger partial charge in [-0.15, -0.1) is 0 Å². The van der Waals surface area contributed by atoms with E-state index in [1.807, 2.05) is 0 Å². The summed E-state index contributed by atoms with van der Waals surface area (Å²) < 4.78 is 7.42. The number of nitrogens with zero attached hydrogens (tertiary/aromatic N) is 2. The van der Waals surface area contributed by atoms with Crippen LogP contribution < -0.4 is 51.7 Å². The SMILES string of the molecule is c1ccc(N(c2ccccc2)c2cc3c4c(c2)N(C2CC5CC6CCC2C(C6)C5)c2cccc5c2B4c2c(cccc2[Si]5(c2ccccc2)c2ccccc2)O3)cc1. The molecule has 3 fully saturated rings. The van der Waals surface area contributed by atoms with E-state index in [1.54, 1.807) is 5.19 Å². The minimum atomic E-state index is -2.81. The fraction of sp³-hybridized carbons (Fsp3) is 0.208. The summed E-state index contributed by atoms with van der Waals surface area (Å²) in [7, 11) is -2.81. The van der Waals surface area contributed by atoms with Crippen molar-refractivity contribution in [2.24, 2.45) is 23.7 Å². The molecule has 0 amide bonds. The quantitative estimate of drug-likeness (QED) is 0.159. The fourth-order valence-corrected chi connectivity index (χ4v) is 18.6. The second-order valence-corrected chi connectivity index (χ2v) is 21.7. The number of para-hydroxylation sites is 2. The van der Waals surface area contributed by atoms with Crippen LogP contribution in [-0.4, -0.2) is 20.8 Å². The van der Waals surface area contributed by atoms with E-state index in [4.69, 9.17) is 4.74 Å². The van der Waals surface area contributed by atoms with Gasteiger partial charge in [-0.2, -0.15) is 0 Å². The van der Waals surface area contributed by atoms with Crippen LogP contribution >= 0.6 is 0 Å². The molecule has 5 heteroatoms. The van der Waals surface area contributed by atoms with E-state index in [-0.39, 0.29) is 6.71 Å². The summed E-state index contributed by atoms with van der Waals surface area (Å²) >= 11 is 0. The van der Waals surface area contributed by atoms with Gasteiger partial charge in [-0.25, -0.2) is 0 Å². The third-order valence-electron chi connectivity index (χ3n) is 15.2. The molecular formula is C53H45BN2OSi. The van der Waals surface area contributed by atoms with Gasteiger partial charge in [-0.05, 0) is 135 Å². The Labute approximate surface area is 343 Å². The summed E-state index contributed by atoms with van der Waals surface area (Å²) in [5.74, 6) is 5.26. The lowest BCUT2D eigenvalue weighted by Crippen LogP contribution is -2.88. The van der Waals surface area contributed by atoms with E-state index < -0.39 is 8.07 Å². The predicted octanol–water partition coefficient (Wildman–Crippen LogP) is 8.14. The highest BCUT2D eigenvalue weighted by Gasteiger charge is 2.57. The highest BCUT2D eigenvalue weighted by atomic mass is 28.3. The van der Waals surface area contributed by atoms with E-state index in [0.717, 1.165) is 46.3 Å². The molecule has 280 valence electrons. The van der Waals surface area contributed by atoms with Crippen LogP contribution in [0.4, 0.5) is 28.4 Å². The van der Waals surface area contributed by atoms with Crippen molar-refractivity contribution in [3.05, 3.63) is 170 Å². The molecule has 6 aliphatic rings. The summed E-state index contributed by atoms with van der Waals surface area (Å²) in [5, 5.41) is 5.88. The van der Waals surface area contributed by atoms with E-state index >= 15 is 0 Å². The molecule has 3 bridgehead atoms. The highest BCUT2D eigenvalue weighted by molar-refractivity contribution is 7.27. The molecule has 0 saturated heterocycles. The zero-order chi connectivity index (χ0) is 38.0. The number of rotatable bonds is 6. The number of fused-ring (bicyclic) bond motifs is 2. The van der Waals surface area contributed by atoms with Gasteiger partial charge in [0, 0.05) is 34.9 Å². The van der Waals surface area contributed by atoms with Crippen molar-refractivity contribution in [2.75, 3.05) is 9.80 Å². The minimum absolute atomic E-state index is 0.0928. The van der Waals surface area contributed by atoms with Crippen LogP contribution in [0.2, 0.25) is 0 Å². The average molecular weight is 765 g/mol. The molecule has 3 nitrogen and oxygen atoms in total. The molecule has 5 unspecified atom stereocenters. The summed E-state index contributed by atoms with van der Waals surface area (Å²) in [5.41, 5.74) is 10.5. The van der Waals surface area contributed by atoms with Crippen LogP contribution in [0, 0.1) is 23.7 Å². The molecule has 3 aliphatic carbocycles. The van der Waals surface area contributed by atoms with Gasteiger partial charge in [0.15, 0.2) is 8.07 Å². The van der Waals surface area contributed by atoms with E-state index in [1.165, 1.54) is 81.8 Å². The third kappa shape index (κ3) is 4.57. The summed E-state index contributed by atoms with van der Waals surface area (Å²) in [6.45, 7) is 0.0928. The summed E-state index contributed by atoms with van der Waals surface area (Å²) in [4.78, 5) is 5.35. The van der Waals surface area contributed by atoms with E-state index in [9.17, 15) is 0 Å². The molecule has 58 heavy (non-hydrogen) atoms. The molecular weight excluding hydrogens is 719 g/mol. The van der Waals surface area contributed by atoms with Gasteiger partial charge >= 0.3 is 0 Å². The lowest BCUT2D eigenvalue weighted by Gasteiger charge is -2.57. The zero-order valence-electron chi connectivity index (χ0n) is 32.7. The summed E-state index contributed by atoms with van der Waals surface area (Å²) in [6.07, 6.45) is 8.27. The summed E-state index contributed by atoms with van der Waals surface area (Å²) in [6, 6.07) is 64.6. The normalized spacial score (nSPS) is 23.5. The van der Waals surface area contributed by atoms with Gasteiger partial charge in [-0.1, -0.05) is 128 Å².